The minimum Gasteiger partial charge on any atom is -0.281 e. The number of thiazole rings is 1. The van der Waals surface area contributed by atoms with E-state index in [4.69, 9.17) is 0 Å². The summed E-state index contributed by atoms with van der Waals surface area (Å²) in [7, 11) is 0. The molecule has 5 rings (SSSR count). The van der Waals surface area contributed by atoms with Crippen LogP contribution in [-0.2, 0) is 11.8 Å². The van der Waals surface area contributed by atoms with E-state index in [-0.39, 0.29) is 5.41 Å². The minimum atomic E-state index is -0.317. The largest absolute Gasteiger partial charge is 0.281 e. The van der Waals surface area contributed by atoms with Gasteiger partial charge in [-0.05, 0) is 23.3 Å². The van der Waals surface area contributed by atoms with Crippen LogP contribution in [0.4, 0.5) is 0 Å². The molecule has 1 aliphatic carbocycles. The molecule has 1 N–H and O–H groups in total. The lowest BCUT2D eigenvalue weighted by molar-refractivity contribution is 0.615. The third-order valence-electron chi connectivity index (χ3n) is 4.86. The number of H-pyrrole nitrogens is 1. The highest BCUT2D eigenvalue weighted by Crippen LogP contribution is 2.42. The number of pyridine rings is 2. The Balaban J connectivity index is 1.67. The second-order valence-electron chi connectivity index (χ2n) is 6.27. The lowest BCUT2D eigenvalue weighted by Crippen LogP contribution is -2.30. The van der Waals surface area contributed by atoms with Crippen molar-refractivity contribution in [2.75, 3.05) is 0 Å². The van der Waals surface area contributed by atoms with Gasteiger partial charge in [-0.3, -0.25) is 15.1 Å². The van der Waals surface area contributed by atoms with Crippen LogP contribution in [0.5, 0.6) is 0 Å². The lowest BCUT2D eigenvalue weighted by atomic mass is 9.69. The van der Waals surface area contributed by atoms with Gasteiger partial charge >= 0.3 is 0 Å². The quantitative estimate of drug-likeness (QED) is 0.604. The van der Waals surface area contributed by atoms with Crippen molar-refractivity contribution < 1.29 is 0 Å². The lowest BCUT2D eigenvalue weighted by Gasteiger charge is -2.33. The van der Waals surface area contributed by atoms with Gasteiger partial charge in [-0.1, -0.05) is 24.3 Å². The van der Waals surface area contributed by atoms with Gasteiger partial charge in [-0.15, -0.1) is 11.3 Å². The van der Waals surface area contributed by atoms with Crippen LogP contribution >= 0.6 is 11.3 Å². The maximum Gasteiger partial charge on any atom is 0.144 e. The second-order valence-corrected chi connectivity index (χ2v) is 7.16. The van der Waals surface area contributed by atoms with Gasteiger partial charge < -0.3 is 0 Å². The normalized spacial score (nSPS) is 14.9. The molecule has 5 nitrogen and oxygen atoms in total. The molecular formula is C20H15N5S. The van der Waals surface area contributed by atoms with Crippen molar-refractivity contribution in [1.82, 2.24) is 25.1 Å². The Morgan fingerprint density at radius 3 is 2.38 bits per heavy atom. The molecule has 0 bridgehead atoms. The number of allylic oxidation sites excluding steroid dienone is 1. The molecule has 0 aliphatic heterocycles. The summed E-state index contributed by atoms with van der Waals surface area (Å²) in [6.45, 7) is 0. The number of nitrogens with zero attached hydrogens (tertiary/aromatic N) is 4. The summed E-state index contributed by atoms with van der Waals surface area (Å²) in [5.41, 5.74) is 5.09. The van der Waals surface area contributed by atoms with E-state index in [0.29, 0.717) is 0 Å². The number of hydrogen-bond donors (Lipinski definition) is 1. The first-order chi connectivity index (χ1) is 12.9. The standard InChI is InChI=1S/C20H15N5S/c1-3-14(12-21-7-1)20(15-4-2-8-22-13-15)6-5-16-17(11-20)24-25-18(16)19-23-9-10-26-19/h1-10,12-13H,11H2,(H,24,25). The molecule has 0 unspecified atom stereocenters. The van der Waals surface area contributed by atoms with Gasteiger partial charge in [0.2, 0.25) is 0 Å². The van der Waals surface area contributed by atoms with Crippen molar-refractivity contribution in [3.8, 4) is 10.7 Å². The molecule has 4 heterocycles. The van der Waals surface area contributed by atoms with Gasteiger partial charge in [0, 0.05) is 59.5 Å². The van der Waals surface area contributed by atoms with Gasteiger partial charge in [0.1, 0.15) is 10.7 Å². The van der Waals surface area contributed by atoms with Crippen molar-refractivity contribution in [3.05, 3.63) is 89.1 Å². The maximum absolute atomic E-state index is 4.53. The highest BCUT2D eigenvalue weighted by Gasteiger charge is 2.37. The zero-order valence-electron chi connectivity index (χ0n) is 13.8. The molecular weight excluding hydrogens is 342 g/mol. The van der Waals surface area contributed by atoms with Crippen LogP contribution < -0.4 is 0 Å². The molecule has 6 heteroatoms. The summed E-state index contributed by atoms with van der Waals surface area (Å²) >= 11 is 1.60. The van der Waals surface area contributed by atoms with Crippen LogP contribution in [0.3, 0.4) is 0 Å². The van der Waals surface area contributed by atoms with Crippen LogP contribution in [0.15, 0.2) is 66.7 Å². The zero-order valence-corrected chi connectivity index (χ0v) is 14.6. The fourth-order valence-corrected chi connectivity index (χ4v) is 4.22. The maximum atomic E-state index is 4.53. The van der Waals surface area contributed by atoms with E-state index in [1.807, 2.05) is 36.1 Å². The molecule has 4 aromatic rings. The van der Waals surface area contributed by atoms with Crippen molar-refractivity contribution in [2.45, 2.75) is 11.8 Å². The Bertz CT molecular complexity index is 1010. The van der Waals surface area contributed by atoms with Crippen molar-refractivity contribution >= 4 is 17.4 Å². The molecule has 1 aliphatic rings. The average molecular weight is 357 g/mol. The average Bonchev–Trinajstić information content (AvgIpc) is 3.38. The van der Waals surface area contributed by atoms with E-state index in [1.165, 1.54) is 0 Å². The van der Waals surface area contributed by atoms with Crippen molar-refractivity contribution in [3.63, 3.8) is 0 Å². The highest BCUT2D eigenvalue weighted by atomic mass is 32.1. The predicted molar refractivity (Wildman–Crippen MR) is 102 cm³/mol. The molecule has 0 fully saturated rings. The van der Waals surface area contributed by atoms with E-state index < -0.39 is 0 Å². The second kappa shape index (κ2) is 6.00. The Morgan fingerprint density at radius 2 is 1.77 bits per heavy atom. The van der Waals surface area contributed by atoms with Gasteiger partial charge in [0.05, 0.1) is 0 Å². The number of rotatable bonds is 3. The smallest absolute Gasteiger partial charge is 0.144 e. The highest BCUT2D eigenvalue weighted by molar-refractivity contribution is 7.13. The van der Waals surface area contributed by atoms with Crippen molar-refractivity contribution in [2.24, 2.45) is 0 Å². The number of hydrogen-bond acceptors (Lipinski definition) is 5. The first kappa shape index (κ1) is 15.2. The van der Waals surface area contributed by atoms with E-state index >= 15 is 0 Å². The molecule has 0 saturated heterocycles. The SMILES string of the molecule is C1=CC(c2cccnc2)(c2cccnc2)Cc2[nH]nc(-c3nccs3)c21. The number of aromatic nitrogens is 5. The summed E-state index contributed by atoms with van der Waals surface area (Å²) in [6.07, 6.45) is 14.4. The molecule has 0 radical (unpaired) electrons. The van der Waals surface area contributed by atoms with E-state index in [1.54, 1.807) is 23.7 Å². The van der Waals surface area contributed by atoms with Crippen molar-refractivity contribution in [1.29, 1.82) is 0 Å². The third-order valence-corrected chi connectivity index (χ3v) is 5.64. The molecule has 126 valence electrons. The van der Waals surface area contributed by atoms with Gasteiger partial charge in [0.15, 0.2) is 0 Å². The first-order valence-corrected chi connectivity index (χ1v) is 9.22. The Hall–Kier alpha value is -3.12. The number of fused-ring (bicyclic) bond motifs is 1. The minimum absolute atomic E-state index is 0.317. The molecule has 0 saturated carbocycles. The zero-order chi connectivity index (χ0) is 17.4. The van der Waals surface area contributed by atoms with Crippen LogP contribution in [0.1, 0.15) is 22.4 Å². The number of nitrogens with one attached hydrogen (secondary N) is 1. The van der Waals surface area contributed by atoms with E-state index in [0.717, 1.165) is 39.5 Å². The van der Waals surface area contributed by atoms with Crippen LogP contribution in [0, 0.1) is 0 Å². The summed E-state index contributed by atoms with van der Waals surface area (Å²) in [5, 5.41) is 10.7. The first-order valence-electron chi connectivity index (χ1n) is 8.34. The third kappa shape index (κ3) is 2.30. The number of aromatic amines is 1. The molecule has 26 heavy (non-hydrogen) atoms. The van der Waals surface area contributed by atoms with Crippen LogP contribution in [0.25, 0.3) is 16.8 Å². The Morgan fingerprint density at radius 1 is 1.00 bits per heavy atom. The summed E-state index contributed by atoms with van der Waals surface area (Å²) < 4.78 is 0. The fraction of sp³-hybridized carbons (Fsp3) is 0.100. The van der Waals surface area contributed by atoms with Crippen LogP contribution in [0.2, 0.25) is 0 Å². The molecule has 4 aromatic heterocycles. The van der Waals surface area contributed by atoms with Gasteiger partial charge in [-0.2, -0.15) is 5.10 Å². The van der Waals surface area contributed by atoms with Gasteiger partial charge in [0.25, 0.3) is 0 Å². The predicted octanol–water partition coefficient (Wildman–Crippen LogP) is 3.88. The summed E-state index contributed by atoms with van der Waals surface area (Å²) in [4.78, 5) is 13.1. The topological polar surface area (TPSA) is 67.3 Å². The molecule has 0 atom stereocenters. The summed E-state index contributed by atoms with van der Waals surface area (Å²) in [6, 6.07) is 8.19. The van der Waals surface area contributed by atoms with E-state index in [2.05, 4.69) is 49.4 Å². The Labute approximate surface area is 154 Å². The van der Waals surface area contributed by atoms with Crippen LogP contribution in [-0.4, -0.2) is 25.1 Å². The molecule has 0 spiro atoms. The van der Waals surface area contributed by atoms with Gasteiger partial charge in [-0.25, -0.2) is 4.98 Å². The molecule has 0 amide bonds. The molecule has 0 aromatic carbocycles. The monoisotopic (exact) mass is 357 g/mol. The fourth-order valence-electron chi connectivity index (χ4n) is 3.58. The van der Waals surface area contributed by atoms with E-state index in [9.17, 15) is 0 Å². The summed E-state index contributed by atoms with van der Waals surface area (Å²) in [5.74, 6) is 0. The Kier molecular flexibility index (Phi) is 3.50.